The second-order valence-electron chi connectivity index (χ2n) is 6.01. The van der Waals surface area contributed by atoms with Gasteiger partial charge in [0.25, 0.3) is 0 Å². The summed E-state index contributed by atoms with van der Waals surface area (Å²) in [5, 5.41) is 10.3. The number of hydrogen-bond donors (Lipinski definition) is 2. The zero-order valence-corrected chi connectivity index (χ0v) is 13.5. The van der Waals surface area contributed by atoms with Crippen LogP contribution in [0, 0.1) is 0 Å². The van der Waals surface area contributed by atoms with Gasteiger partial charge in [-0.15, -0.1) is 6.58 Å². The van der Waals surface area contributed by atoms with Gasteiger partial charge in [-0.1, -0.05) is 32.8 Å². The molecule has 0 saturated carbocycles. The molecule has 0 radical (unpaired) electrons. The summed E-state index contributed by atoms with van der Waals surface area (Å²) in [6.45, 7) is 10.1. The van der Waals surface area contributed by atoms with Crippen molar-refractivity contribution < 1.29 is 14.6 Å². The highest BCUT2D eigenvalue weighted by Gasteiger charge is 2.56. The van der Waals surface area contributed by atoms with E-state index in [0.717, 1.165) is 19.3 Å². The average Bonchev–Trinajstić information content (AvgIpc) is 2.70. The highest BCUT2D eigenvalue weighted by molar-refractivity contribution is 5.72. The van der Waals surface area contributed by atoms with Gasteiger partial charge in [0, 0.05) is 12.6 Å². The average molecular weight is 298 g/mol. The summed E-state index contributed by atoms with van der Waals surface area (Å²) >= 11 is 0. The third-order valence-electron chi connectivity index (χ3n) is 4.36. The third kappa shape index (κ3) is 3.77. The molecule has 1 aliphatic heterocycles. The maximum absolute atomic E-state index is 12.2. The van der Waals surface area contributed by atoms with E-state index in [1.807, 2.05) is 6.92 Å². The number of amides is 1. The summed E-state index contributed by atoms with van der Waals surface area (Å²) in [6.07, 6.45) is 4.81. The van der Waals surface area contributed by atoms with Crippen LogP contribution in [0.25, 0.3) is 0 Å². The van der Waals surface area contributed by atoms with Crippen LogP contribution < -0.4 is 5.73 Å². The maximum Gasteiger partial charge on any atom is 0.410 e. The van der Waals surface area contributed by atoms with E-state index in [2.05, 4.69) is 13.5 Å². The number of cyclic esters (lactones) is 1. The first-order valence-corrected chi connectivity index (χ1v) is 7.96. The lowest BCUT2D eigenvalue weighted by Gasteiger charge is -2.38. The molecule has 5 heteroatoms. The summed E-state index contributed by atoms with van der Waals surface area (Å²) in [5.41, 5.74) is 5.30. The van der Waals surface area contributed by atoms with Gasteiger partial charge >= 0.3 is 6.09 Å². The molecule has 1 fully saturated rings. The van der Waals surface area contributed by atoms with Gasteiger partial charge in [0.05, 0.1) is 12.1 Å². The molecule has 5 nitrogen and oxygen atoms in total. The molecule has 0 bridgehead atoms. The first-order chi connectivity index (χ1) is 9.92. The van der Waals surface area contributed by atoms with E-state index in [4.69, 9.17) is 10.5 Å². The SMILES string of the molecule is C=CC[C@@H](N)[C@H]1N(CCCCC)C(=O)O[C@]1(C)[C@H](O)CC. The second kappa shape index (κ2) is 7.80. The second-order valence-corrected chi connectivity index (χ2v) is 6.01. The van der Waals surface area contributed by atoms with Crippen LogP contribution >= 0.6 is 0 Å². The Hall–Kier alpha value is -1.07. The summed E-state index contributed by atoms with van der Waals surface area (Å²) in [5.74, 6) is 0. The largest absolute Gasteiger partial charge is 0.438 e. The molecule has 1 amide bonds. The fourth-order valence-corrected chi connectivity index (χ4v) is 3.14. The fraction of sp³-hybridized carbons (Fsp3) is 0.812. The van der Waals surface area contributed by atoms with Crippen molar-refractivity contribution >= 4 is 6.09 Å². The smallest absolute Gasteiger partial charge is 0.410 e. The molecule has 0 spiro atoms. The van der Waals surface area contributed by atoms with Crippen LogP contribution in [0.15, 0.2) is 12.7 Å². The van der Waals surface area contributed by atoms with E-state index in [1.165, 1.54) is 0 Å². The molecule has 122 valence electrons. The molecule has 0 aromatic carbocycles. The zero-order chi connectivity index (χ0) is 16.0. The van der Waals surface area contributed by atoms with Crippen molar-refractivity contribution in [3.63, 3.8) is 0 Å². The Bertz CT molecular complexity index is 361. The zero-order valence-electron chi connectivity index (χ0n) is 13.5. The number of unbranched alkanes of at least 4 members (excludes halogenated alkanes) is 2. The Balaban J connectivity index is 2.99. The van der Waals surface area contributed by atoms with Crippen molar-refractivity contribution in [2.45, 2.75) is 76.7 Å². The lowest BCUT2D eigenvalue weighted by atomic mass is 9.83. The predicted molar refractivity (Wildman–Crippen MR) is 84.0 cm³/mol. The molecular weight excluding hydrogens is 268 g/mol. The van der Waals surface area contributed by atoms with E-state index in [-0.39, 0.29) is 18.2 Å². The molecule has 0 unspecified atom stereocenters. The van der Waals surface area contributed by atoms with E-state index in [1.54, 1.807) is 17.9 Å². The molecule has 0 aromatic heterocycles. The molecule has 1 saturated heterocycles. The van der Waals surface area contributed by atoms with Crippen molar-refractivity contribution in [1.29, 1.82) is 0 Å². The van der Waals surface area contributed by atoms with E-state index >= 15 is 0 Å². The summed E-state index contributed by atoms with van der Waals surface area (Å²) in [4.78, 5) is 13.9. The third-order valence-corrected chi connectivity index (χ3v) is 4.36. The highest BCUT2D eigenvalue weighted by Crippen LogP contribution is 2.36. The van der Waals surface area contributed by atoms with Gasteiger partial charge in [-0.05, 0) is 26.2 Å². The van der Waals surface area contributed by atoms with Crippen molar-refractivity contribution in [2.24, 2.45) is 5.73 Å². The number of carbonyl (C=O) groups is 1. The van der Waals surface area contributed by atoms with Gasteiger partial charge in [-0.25, -0.2) is 4.79 Å². The van der Waals surface area contributed by atoms with Crippen LogP contribution in [0.4, 0.5) is 4.79 Å². The van der Waals surface area contributed by atoms with E-state index in [9.17, 15) is 9.90 Å². The van der Waals surface area contributed by atoms with Crippen molar-refractivity contribution in [1.82, 2.24) is 4.90 Å². The molecule has 1 rings (SSSR count). The van der Waals surface area contributed by atoms with Gasteiger partial charge in [-0.3, -0.25) is 4.90 Å². The number of nitrogens with two attached hydrogens (primary N) is 1. The van der Waals surface area contributed by atoms with Gasteiger partial charge in [0.15, 0.2) is 5.60 Å². The van der Waals surface area contributed by atoms with Crippen LogP contribution in [-0.2, 0) is 4.74 Å². The van der Waals surface area contributed by atoms with Crippen LogP contribution in [-0.4, -0.2) is 46.4 Å². The van der Waals surface area contributed by atoms with Gasteiger partial charge < -0.3 is 15.6 Å². The molecule has 1 heterocycles. The highest BCUT2D eigenvalue weighted by atomic mass is 16.6. The molecule has 0 aromatic rings. The molecule has 3 N–H and O–H groups in total. The molecule has 21 heavy (non-hydrogen) atoms. The quantitative estimate of drug-likeness (QED) is 0.506. The first-order valence-electron chi connectivity index (χ1n) is 7.96. The molecular formula is C16H30N2O3. The van der Waals surface area contributed by atoms with E-state index in [0.29, 0.717) is 19.4 Å². The van der Waals surface area contributed by atoms with Gasteiger partial charge in [-0.2, -0.15) is 0 Å². The Morgan fingerprint density at radius 1 is 1.52 bits per heavy atom. The lowest BCUT2D eigenvalue weighted by Crippen LogP contribution is -2.59. The van der Waals surface area contributed by atoms with Crippen molar-refractivity contribution in [2.75, 3.05) is 6.54 Å². The Morgan fingerprint density at radius 3 is 2.71 bits per heavy atom. The van der Waals surface area contributed by atoms with Crippen LogP contribution in [0.5, 0.6) is 0 Å². The number of hydrogen-bond acceptors (Lipinski definition) is 4. The number of rotatable bonds is 9. The topological polar surface area (TPSA) is 75.8 Å². The first kappa shape index (κ1) is 18.0. The van der Waals surface area contributed by atoms with Crippen LogP contribution in [0.3, 0.4) is 0 Å². The lowest BCUT2D eigenvalue weighted by molar-refractivity contribution is -0.0653. The molecule has 0 aliphatic carbocycles. The fourth-order valence-electron chi connectivity index (χ4n) is 3.14. The predicted octanol–water partition coefficient (Wildman–Crippen LogP) is 2.43. The summed E-state index contributed by atoms with van der Waals surface area (Å²) < 4.78 is 5.55. The minimum atomic E-state index is -0.958. The minimum Gasteiger partial charge on any atom is -0.438 e. The molecule has 4 atom stereocenters. The Kier molecular flexibility index (Phi) is 6.68. The number of carbonyl (C=O) groups excluding carboxylic acids is 1. The summed E-state index contributed by atoms with van der Waals surface area (Å²) in [7, 11) is 0. The maximum atomic E-state index is 12.2. The van der Waals surface area contributed by atoms with Crippen LogP contribution in [0.2, 0.25) is 0 Å². The number of aliphatic hydroxyl groups is 1. The van der Waals surface area contributed by atoms with Gasteiger partial charge in [0.1, 0.15) is 0 Å². The minimum absolute atomic E-state index is 0.290. The van der Waals surface area contributed by atoms with Crippen molar-refractivity contribution in [3.8, 4) is 0 Å². The van der Waals surface area contributed by atoms with E-state index < -0.39 is 11.7 Å². The number of ether oxygens (including phenoxy) is 1. The molecule has 1 aliphatic rings. The normalized spacial score (nSPS) is 28.3. The Morgan fingerprint density at radius 2 is 2.19 bits per heavy atom. The number of aliphatic hydroxyl groups excluding tert-OH is 1. The van der Waals surface area contributed by atoms with Crippen molar-refractivity contribution in [3.05, 3.63) is 12.7 Å². The van der Waals surface area contributed by atoms with Gasteiger partial charge in [0.2, 0.25) is 0 Å². The standard InChI is InChI=1S/C16H30N2O3/c1-5-8-9-11-18-14(12(17)10-6-2)16(4,13(19)7-3)21-15(18)20/h6,12-14,19H,2,5,7-11,17H2,1,3-4H3/t12-,13-,14-,16-/m1/s1. The summed E-state index contributed by atoms with van der Waals surface area (Å²) in [6, 6.07) is -0.614. The number of nitrogens with zero attached hydrogens (tertiary/aromatic N) is 1. The monoisotopic (exact) mass is 298 g/mol. The van der Waals surface area contributed by atoms with Crippen LogP contribution in [0.1, 0.15) is 52.9 Å². The Labute approximate surface area is 128 Å².